The van der Waals surface area contributed by atoms with Crippen LogP contribution in [0.3, 0.4) is 0 Å². The Balaban J connectivity index is 2.93. The van der Waals surface area contributed by atoms with Crippen LogP contribution in [-0.4, -0.2) is 27.6 Å². The number of nitrogens with two attached hydrogens (primary N) is 1. The van der Waals surface area contributed by atoms with Gasteiger partial charge in [0.2, 0.25) is 5.75 Å². The van der Waals surface area contributed by atoms with Gasteiger partial charge in [-0.3, -0.25) is 9.20 Å². The lowest BCUT2D eigenvalue weighted by Crippen LogP contribution is -2.20. The fourth-order valence-corrected chi connectivity index (χ4v) is 2.07. The molecule has 2 rings (SSSR count). The smallest absolute Gasteiger partial charge is 0.360 e. The van der Waals surface area contributed by atoms with Gasteiger partial charge in [-0.2, -0.15) is 0 Å². The molecule has 2 aromatic heterocycles. The van der Waals surface area contributed by atoms with Crippen LogP contribution in [0.4, 0.5) is 5.69 Å². The number of hydrogen-bond acceptors (Lipinski definition) is 6. The fourth-order valence-electron chi connectivity index (χ4n) is 1.46. The Morgan fingerprint density at radius 1 is 1.61 bits per heavy atom. The Morgan fingerprint density at radius 3 is 2.89 bits per heavy atom. The zero-order valence-electron chi connectivity index (χ0n) is 9.18. The minimum absolute atomic E-state index is 0.0959. The summed E-state index contributed by atoms with van der Waals surface area (Å²) in [6.45, 7) is 0. The Hall–Kier alpha value is -1.84. The van der Waals surface area contributed by atoms with Gasteiger partial charge in [-0.1, -0.05) is 0 Å². The number of aromatic hydroxyl groups is 1. The van der Waals surface area contributed by atoms with E-state index in [1.807, 2.05) is 22.6 Å². The van der Waals surface area contributed by atoms with Crippen molar-refractivity contribution >= 4 is 39.9 Å². The quantitative estimate of drug-likeness (QED) is 0.562. The van der Waals surface area contributed by atoms with Gasteiger partial charge in [-0.25, -0.2) is 9.78 Å². The first-order valence-electron chi connectivity index (χ1n) is 4.74. The molecule has 2 aromatic rings. The summed E-state index contributed by atoms with van der Waals surface area (Å²) in [6, 6.07) is 1.60. The molecule has 0 atom stereocenters. The molecule has 3 N–H and O–H groups in total. The monoisotopic (exact) mass is 361 g/mol. The van der Waals surface area contributed by atoms with Crippen molar-refractivity contribution in [3.05, 3.63) is 31.9 Å². The third kappa shape index (κ3) is 1.88. The summed E-state index contributed by atoms with van der Waals surface area (Å²) in [7, 11) is 1.13. The number of esters is 1. The van der Waals surface area contributed by atoms with Crippen LogP contribution >= 0.6 is 22.6 Å². The number of carbonyl (C=O) groups excluding carboxylic acids is 1. The van der Waals surface area contributed by atoms with Crippen molar-refractivity contribution in [2.75, 3.05) is 12.8 Å². The van der Waals surface area contributed by atoms with E-state index >= 15 is 0 Å². The number of ether oxygens (including phenoxy) is 1. The molecule has 0 aliphatic heterocycles. The van der Waals surface area contributed by atoms with Crippen LogP contribution in [0.5, 0.6) is 5.75 Å². The van der Waals surface area contributed by atoms with Crippen LogP contribution in [0.2, 0.25) is 0 Å². The highest BCUT2D eigenvalue weighted by Crippen LogP contribution is 2.18. The third-order valence-electron chi connectivity index (χ3n) is 2.27. The van der Waals surface area contributed by atoms with Crippen molar-refractivity contribution in [3.63, 3.8) is 0 Å². The largest absolute Gasteiger partial charge is 0.501 e. The maximum atomic E-state index is 11.9. The first kappa shape index (κ1) is 12.6. The summed E-state index contributed by atoms with van der Waals surface area (Å²) in [6.07, 6.45) is 1.46. The minimum atomic E-state index is -0.898. The molecule has 18 heavy (non-hydrogen) atoms. The van der Waals surface area contributed by atoms with Gasteiger partial charge >= 0.3 is 11.5 Å². The van der Waals surface area contributed by atoms with Crippen LogP contribution in [-0.2, 0) is 4.74 Å². The Labute approximate surface area is 114 Å². The van der Waals surface area contributed by atoms with Gasteiger partial charge < -0.3 is 15.6 Å². The van der Waals surface area contributed by atoms with E-state index in [2.05, 4.69) is 9.72 Å². The van der Waals surface area contributed by atoms with E-state index in [1.165, 1.54) is 6.20 Å². The number of nitrogens with zero attached hydrogens (tertiary/aromatic N) is 2. The van der Waals surface area contributed by atoms with E-state index in [0.29, 0.717) is 3.57 Å². The number of carbonyl (C=O) groups is 1. The predicted molar refractivity (Wildman–Crippen MR) is 71.6 cm³/mol. The van der Waals surface area contributed by atoms with E-state index in [-0.39, 0.29) is 11.3 Å². The highest BCUT2D eigenvalue weighted by Gasteiger charge is 2.20. The maximum Gasteiger partial charge on any atom is 0.360 e. The molecule has 0 fully saturated rings. The highest BCUT2D eigenvalue weighted by molar-refractivity contribution is 14.1. The van der Waals surface area contributed by atoms with E-state index in [9.17, 15) is 14.7 Å². The zero-order chi connectivity index (χ0) is 13.4. The molecule has 0 amide bonds. The van der Waals surface area contributed by atoms with Gasteiger partial charge in [0, 0.05) is 9.77 Å². The number of pyridine rings is 1. The number of methoxy groups -OCH3 is 1. The zero-order valence-corrected chi connectivity index (χ0v) is 11.3. The van der Waals surface area contributed by atoms with Gasteiger partial charge in [0.1, 0.15) is 0 Å². The molecule has 2 heterocycles. The predicted octanol–water partition coefficient (Wildman–Crippen LogP) is 0.373. The van der Waals surface area contributed by atoms with Crippen molar-refractivity contribution in [2.45, 2.75) is 0 Å². The normalized spacial score (nSPS) is 10.6. The molecule has 0 radical (unpaired) electrons. The van der Waals surface area contributed by atoms with Crippen LogP contribution in [0.25, 0.3) is 5.65 Å². The van der Waals surface area contributed by atoms with Crippen LogP contribution < -0.4 is 11.3 Å². The Morgan fingerprint density at radius 2 is 2.28 bits per heavy atom. The molecule has 0 aliphatic rings. The molecule has 0 saturated carbocycles. The van der Waals surface area contributed by atoms with E-state index in [1.54, 1.807) is 6.07 Å². The average molecular weight is 361 g/mol. The topological polar surface area (TPSA) is 107 Å². The van der Waals surface area contributed by atoms with Crippen LogP contribution in [0.15, 0.2) is 17.1 Å². The van der Waals surface area contributed by atoms with Crippen LogP contribution in [0, 0.1) is 3.57 Å². The minimum Gasteiger partial charge on any atom is -0.501 e. The van der Waals surface area contributed by atoms with E-state index < -0.39 is 23.0 Å². The molecule has 7 nitrogen and oxygen atoms in total. The summed E-state index contributed by atoms with van der Waals surface area (Å²) in [5.41, 5.74) is 4.83. The molecule has 0 bridgehead atoms. The Kier molecular flexibility index (Phi) is 3.11. The molecule has 0 aromatic carbocycles. The Bertz CT molecular complexity index is 710. The molecule has 8 heteroatoms. The van der Waals surface area contributed by atoms with Crippen molar-refractivity contribution < 1.29 is 14.6 Å². The van der Waals surface area contributed by atoms with E-state index in [0.717, 1.165) is 11.5 Å². The van der Waals surface area contributed by atoms with Crippen molar-refractivity contribution in [1.29, 1.82) is 0 Å². The lowest BCUT2D eigenvalue weighted by molar-refractivity contribution is 0.0590. The standard InChI is InChI=1S/C10H8IN3O4/c1-18-10(17)6-7(15)9(16)14-3-4(11)2-5(12)8(14)13-6/h2-3,15H,12H2,1H3. The van der Waals surface area contributed by atoms with Crippen molar-refractivity contribution in [2.24, 2.45) is 0 Å². The number of nitrogen functional groups attached to an aromatic ring is 1. The second kappa shape index (κ2) is 4.44. The fraction of sp³-hybridized carbons (Fsp3) is 0.100. The van der Waals surface area contributed by atoms with Crippen molar-refractivity contribution in [1.82, 2.24) is 9.38 Å². The third-order valence-corrected chi connectivity index (χ3v) is 2.86. The SMILES string of the molecule is COC(=O)c1nc2c(N)cc(I)cn2c(=O)c1O. The van der Waals surface area contributed by atoms with Crippen LogP contribution in [0.1, 0.15) is 10.5 Å². The highest BCUT2D eigenvalue weighted by atomic mass is 127. The number of aromatic nitrogens is 2. The number of hydrogen-bond donors (Lipinski definition) is 2. The van der Waals surface area contributed by atoms with Gasteiger partial charge in [0.05, 0.1) is 12.8 Å². The molecule has 0 aliphatic carbocycles. The lowest BCUT2D eigenvalue weighted by atomic mass is 10.3. The van der Waals surface area contributed by atoms with Gasteiger partial charge in [-0.05, 0) is 28.7 Å². The van der Waals surface area contributed by atoms with E-state index in [4.69, 9.17) is 5.73 Å². The summed E-state index contributed by atoms with van der Waals surface area (Å²) < 4.78 is 6.22. The summed E-state index contributed by atoms with van der Waals surface area (Å²) in [5, 5.41) is 9.64. The molecule has 0 unspecified atom stereocenters. The van der Waals surface area contributed by atoms with Gasteiger partial charge in [-0.15, -0.1) is 0 Å². The second-order valence-electron chi connectivity index (χ2n) is 3.41. The number of halogens is 1. The first-order valence-corrected chi connectivity index (χ1v) is 5.82. The maximum absolute atomic E-state index is 11.9. The molecular weight excluding hydrogens is 353 g/mol. The number of anilines is 1. The van der Waals surface area contributed by atoms with Gasteiger partial charge in [0.25, 0.3) is 0 Å². The number of rotatable bonds is 1. The summed E-state index contributed by atoms with van der Waals surface area (Å²) in [5.74, 6) is -1.66. The molecular formula is C10H8IN3O4. The van der Waals surface area contributed by atoms with Gasteiger partial charge in [0.15, 0.2) is 11.3 Å². The lowest BCUT2D eigenvalue weighted by Gasteiger charge is -2.07. The second-order valence-corrected chi connectivity index (χ2v) is 4.66. The molecule has 0 spiro atoms. The molecule has 94 valence electrons. The molecule has 0 saturated heterocycles. The summed E-state index contributed by atoms with van der Waals surface area (Å²) in [4.78, 5) is 27.1. The number of fused-ring (bicyclic) bond motifs is 1. The first-order chi connectivity index (χ1) is 8.45. The van der Waals surface area contributed by atoms with Crippen molar-refractivity contribution in [3.8, 4) is 5.75 Å². The average Bonchev–Trinajstić information content (AvgIpc) is 2.33. The summed E-state index contributed by atoms with van der Waals surface area (Å²) >= 11 is 1.97.